The minimum absolute atomic E-state index is 0.331. The van der Waals surface area contributed by atoms with Crippen LogP contribution in [0.2, 0.25) is 0 Å². The second kappa shape index (κ2) is 6.69. The Morgan fingerprint density at radius 3 is 2.24 bits per heavy atom. The summed E-state index contributed by atoms with van der Waals surface area (Å²) in [6.07, 6.45) is 4.06. The van der Waals surface area contributed by atoms with Gasteiger partial charge < -0.3 is 5.73 Å². The summed E-state index contributed by atoms with van der Waals surface area (Å²) in [6.45, 7) is 11.3. The number of thiocarbonyl (C=S) groups is 1. The summed E-state index contributed by atoms with van der Waals surface area (Å²) in [6, 6.07) is 0.732. The predicted octanol–water partition coefficient (Wildman–Crippen LogP) is 3.06. The average Bonchev–Trinajstić information content (AvgIpc) is 2.23. The first-order chi connectivity index (χ1) is 7.93. The van der Waals surface area contributed by atoms with Crippen molar-refractivity contribution in [2.24, 2.45) is 23.5 Å². The van der Waals surface area contributed by atoms with Gasteiger partial charge in [-0.15, -0.1) is 0 Å². The van der Waals surface area contributed by atoms with E-state index in [0.717, 1.165) is 31.0 Å². The van der Waals surface area contributed by atoms with Crippen LogP contribution in [-0.2, 0) is 0 Å². The van der Waals surface area contributed by atoms with Gasteiger partial charge in [0.15, 0.2) is 0 Å². The monoisotopic (exact) mass is 256 g/mol. The summed E-state index contributed by atoms with van der Waals surface area (Å²) in [5, 5.41) is 0. The fourth-order valence-electron chi connectivity index (χ4n) is 3.18. The molecule has 0 aromatic heterocycles. The molecule has 0 saturated heterocycles. The molecule has 1 aliphatic rings. The number of nitrogens with two attached hydrogens (primary N) is 1. The summed E-state index contributed by atoms with van der Waals surface area (Å²) in [4.78, 5) is 3.23. The van der Waals surface area contributed by atoms with Crippen LogP contribution in [0.25, 0.3) is 0 Å². The molecule has 0 radical (unpaired) electrons. The molecule has 17 heavy (non-hydrogen) atoms. The van der Waals surface area contributed by atoms with Crippen LogP contribution in [0.5, 0.6) is 0 Å². The van der Waals surface area contributed by atoms with E-state index in [4.69, 9.17) is 18.0 Å². The third-order valence-corrected chi connectivity index (χ3v) is 4.47. The fraction of sp³-hybridized carbons (Fsp3) is 0.929. The van der Waals surface area contributed by atoms with E-state index < -0.39 is 0 Å². The summed E-state index contributed by atoms with van der Waals surface area (Å²) in [5.74, 6) is 2.05. The van der Waals surface area contributed by atoms with Crippen molar-refractivity contribution in [3.8, 4) is 0 Å². The molecule has 0 aromatic rings. The third kappa shape index (κ3) is 4.55. The van der Waals surface area contributed by atoms with Crippen LogP contribution in [-0.4, -0.2) is 29.0 Å². The molecule has 0 bridgehead atoms. The topological polar surface area (TPSA) is 29.3 Å². The van der Waals surface area contributed by atoms with Gasteiger partial charge in [-0.2, -0.15) is 0 Å². The minimum Gasteiger partial charge on any atom is -0.393 e. The standard InChI is InChI=1S/C14H28N2S/c1-5-16(9-12(4)14(15)17)13-7-10(2)6-11(3)8-13/h10-13H,5-9H2,1-4H3,(H2,15,17). The Bertz CT molecular complexity index is 245. The normalized spacial score (nSPS) is 31.5. The van der Waals surface area contributed by atoms with E-state index in [1.165, 1.54) is 19.3 Å². The van der Waals surface area contributed by atoms with Crippen LogP contribution in [0.15, 0.2) is 0 Å². The Morgan fingerprint density at radius 1 is 1.29 bits per heavy atom. The summed E-state index contributed by atoms with van der Waals surface area (Å²) in [7, 11) is 0. The van der Waals surface area contributed by atoms with Crippen molar-refractivity contribution in [3.63, 3.8) is 0 Å². The lowest BCUT2D eigenvalue weighted by atomic mass is 9.79. The molecule has 3 heteroatoms. The van der Waals surface area contributed by atoms with Crippen LogP contribution in [0.4, 0.5) is 0 Å². The molecule has 0 aromatic carbocycles. The highest BCUT2D eigenvalue weighted by Gasteiger charge is 2.28. The van der Waals surface area contributed by atoms with Crippen LogP contribution in [0.3, 0.4) is 0 Å². The SMILES string of the molecule is CCN(CC(C)C(N)=S)C1CC(C)CC(C)C1. The highest BCUT2D eigenvalue weighted by atomic mass is 32.1. The molecule has 2 nitrogen and oxygen atoms in total. The molecule has 3 unspecified atom stereocenters. The van der Waals surface area contributed by atoms with Gasteiger partial charge in [-0.25, -0.2) is 0 Å². The Labute approximate surface area is 112 Å². The molecule has 3 atom stereocenters. The van der Waals surface area contributed by atoms with E-state index in [0.29, 0.717) is 10.9 Å². The van der Waals surface area contributed by atoms with Gasteiger partial charge in [-0.1, -0.05) is 39.9 Å². The van der Waals surface area contributed by atoms with Gasteiger partial charge in [0.05, 0.1) is 4.99 Å². The van der Waals surface area contributed by atoms with Crippen molar-refractivity contribution in [1.82, 2.24) is 4.90 Å². The molecular formula is C14H28N2S. The van der Waals surface area contributed by atoms with E-state index in [-0.39, 0.29) is 0 Å². The molecule has 1 aliphatic carbocycles. The van der Waals surface area contributed by atoms with E-state index >= 15 is 0 Å². The lowest BCUT2D eigenvalue weighted by Gasteiger charge is -2.39. The van der Waals surface area contributed by atoms with Crippen LogP contribution >= 0.6 is 12.2 Å². The number of rotatable bonds is 5. The van der Waals surface area contributed by atoms with Crippen molar-refractivity contribution in [2.75, 3.05) is 13.1 Å². The van der Waals surface area contributed by atoms with Crippen molar-refractivity contribution < 1.29 is 0 Å². The minimum atomic E-state index is 0.331. The molecule has 2 N–H and O–H groups in total. The van der Waals surface area contributed by atoms with E-state index in [1.807, 2.05) is 0 Å². The Balaban J connectivity index is 2.57. The highest BCUT2D eigenvalue weighted by molar-refractivity contribution is 7.80. The largest absolute Gasteiger partial charge is 0.393 e. The van der Waals surface area contributed by atoms with Crippen molar-refractivity contribution >= 4 is 17.2 Å². The van der Waals surface area contributed by atoms with Gasteiger partial charge >= 0.3 is 0 Å². The molecule has 1 fully saturated rings. The zero-order valence-corrected chi connectivity index (χ0v) is 12.6. The molecule has 100 valence electrons. The fourth-order valence-corrected chi connectivity index (χ4v) is 3.26. The number of nitrogens with zero attached hydrogens (tertiary/aromatic N) is 1. The van der Waals surface area contributed by atoms with Crippen molar-refractivity contribution in [3.05, 3.63) is 0 Å². The quantitative estimate of drug-likeness (QED) is 0.767. The zero-order chi connectivity index (χ0) is 13.0. The van der Waals surface area contributed by atoms with E-state index in [1.54, 1.807) is 0 Å². The maximum absolute atomic E-state index is 5.73. The lowest BCUT2D eigenvalue weighted by Crippen LogP contribution is -2.44. The molecule has 1 saturated carbocycles. The second-order valence-corrected chi connectivity index (χ2v) is 6.43. The number of hydrogen-bond acceptors (Lipinski definition) is 2. The van der Waals surface area contributed by atoms with Crippen LogP contribution in [0.1, 0.15) is 47.0 Å². The van der Waals surface area contributed by atoms with Gasteiger partial charge in [0, 0.05) is 18.5 Å². The maximum Gasteiger partial charge on any atom is 0.0768 e. The molecule has 0 amide bonds. The highest BCUT2D eigenvalue weighted by Crippen LogP contribution is 2.31. The summed E-state index contributed by atoms with van der Waals surface area (Å²) < 4.78 is 0. The first kappa shape index (κ1) is 14.9. The molecular weight excluding hydrogens is 228 g/mol. The number of hydrogen-bond donors (Lipinski definition) is 1. The van der Waals surface area contributed by atoms with Gasteiger partial charge in [-0.05, 0) is 37.6 Å². The molecule has 1 rings (SSSR count). The second-order valence-electron chi connectivity index (χ2n) is 5.96. The van der Waals surface area contributed by atoms with Gasteiger partial charge in [0.25, 0.3) is 0 Å². The van der Waals surface area contributed by atoms with E-state index in [2.05, 4.69) is 32.6 Å². The molecule has 0 spiro atoms. The predicted molar refractivity (Wildman–Crippen MR) is 79.2 cm³/mol. The van der Waals surface area contributed by atoms with E-state index in [9.17, 15) is 0 Å². The Kier molecular flexibility index (Phi) is 5.87. The molecule has 0 heterocycles. The maximum atomic E-state index is 5.73. The Hall–Kier alpha value is -0.150. The average molecular weight is 256 g/mol. The van der Waals surface area contributed by atoms with Gasteiger partial charge in [0.1, 0.15) is 0 Å². The van der Waals surface area contributed by atoms with Crippen molar-refractivity contribution in [2.45, 2.75) is 53.0 Å². The Morgan fingerprint density at radius 2 is 1.82 bits per heavy atom. The molecule has 0 aliphatic heterocycles. The first-order valence-electron chi connectivity index (χ1n) is 6.97. The first-order valence-corrected chi connectivity index (χ1v) is 7.38. The summed E-state index contributed by atoms with van der Waals surface area (Å²) in [5.41, 5.74) is 5.73. The van der Waals surface area contributed by atoms with Gasteiger partial charge in [0.2, 0.25) is 0 Å². The lowest BCUT2D eigenvalue weighted by molar-refractivity contribution is 0.109. The third-order valence-electron chi connectivity index (χ3n) is 4.07. The zero-order valence-electron chi connectivity index (χ0n) is 11.8. The van der Waals surface area contributed by atoms with Crippen LogP contribution < -0.4 is 5.73 Å². The van der Waals surface area contributed by atoms with Crippen LogP contribution in [0, 0.1) is 17.8 Å². The summed E-state index contributed by atoms with van der Waals surface area (Å²) >= 11 is 5.08. The van der Waals surface area contributed by atoms with Gasteiger partial charge in [-0.3, -0.25) is 4.90 Å². The smallest absolute Gasteiger partial charge is 0.0768 e. The van der Waals surface area contributed by atoms with Crippen molar-refractivity contribution in [1.29, 1.82) is 0 Å².